The van der Waals surface area contributed by atoms with E-state index in [1.807, 2.05) is 6.92 Å². The van der Waals surface area contributed by atoms with Gasteiger partial charge in [-0.25, -0.2) is 26.3 Å². The summed E-state index contributed by atoms with van der Waals surface area (Å²) in [5.74, 6) is -7.38. The van der Waals surface area contributed by atoms with Crippen LogP contribution in [0.1, 0.15) is 30.5 Å². The van der Waals surface area contributed by atoms with Crippen LogP contribution in [-0.4, -0.2) is 0 Å². The molecule has 0 amide bonds. The van der Waals surface area contributed by atoms with Crippen LogP contribution in [0, 0.1) is 34.9 Å². The summed E-state index contributed by atoms with van der Waals surface area (Å²) in [5, 5.41) is 0. The normalized spacial score (nSPS) is 12.0. The van der Waals surface area contributed by atoms with E-state index in [1.165, 1.54) is 12.1 Å². The lowest BCUT2D eigenvalue weighted by atomic mass is 9.99. The number of rotatable bonds is 7. The monoisotopic (exact) mass is 501 g/mol. The predicted molar refractivity (Wildman–Crippen MR) is 125 cm³/mol. The third-order valence-electron chi connectivity index (χ3n) is 5.82. The Morgan fingerprint density at radius 2 is 1.22 bits per heavy atom. The highest BCUT2D eigenvalue weighted by molar-refractivity contribution is 5.71. The van der Waals surface area contributed by atoms with Gasteiger partial charge in [0.1, 0.15) is 12.4 Å². The zero-order chi connectivity index (χ0) is 26.0. The van der Waals surface area contributed by atoms with Crippen molar-refractivity contribution in [2.75, 3.05) is 0 Å². The Bertz CT molecular complexity index is 1360. The van der Waals surface area contributed by atoms with Crippen LogP contribution in [0.3, 0.4) is 0 Å². The number of hydrogen-bond donors (Lipinski definition) is 1. The Hall–Kier alpha value is -3.78. The highest BCUT2D eigenvalue weighted by Crippen LogP contribution is 2.31. The number of hydrogen-bond acceptors (Lipinski definition) is 2. The van der Waals surface area contributed by atoms with Gasteiger partial charge in [-0.3, -0.25) is 0 Å². The minimum Gasteiger partial charge on any atom is -0.483 e. The van der Waals surface area contributed by atoms with Gasteiger partial charge in [-0.05, 0) is 64.6 Å². The number of nitrogens with two attached hydrogens (primary N) is 1. The Morgan fingerprint density at radius 3 is 1.78 bits per heavy atom. The summed E-state index contributed by atoms with van der Waals surface area (Å²) in [6, 6.07) is 14.0. The minimum atomic E-state index is -1.62. The molecular weight excluding hydrogens is 480 g/mol. The molecule has 0 aliphatic rings. The van der Waals surface area contributed by atoms with Gasteiger partial charge in [0.05, 0.1) is 0 Å². The maximum absolute atomic E-state index is 14.7. The predicted octanol–water partition coefficient (Wildman–Crippen LogP) is 7.84. The van der Waals surface area contributed by atoms with Crippen LogP contribution in [0.5, 0.6) is 5.75 Å². The molecule has 1 unspecified atom stereocenters. The summed E-state index contributed by atoms with van der Waals surface area (Å²) in [4.78, 5) is 0. The first-order valence-electron chi connectivity index (χ1n) is 11.1. The molecule has 0 fully saturated rings. The molecule has 0 aromatic heterocycles. The van der Waals surface area contributed by atoms with Gasteiger partial charge in [0.25, 0.3) is 0 Å². The van der Waals surface area contributed by atoms with Crippen LogP contribution in [0.15, 0.2) is 66.7 Å². The Balaban J connectivity index is 1.49. The molecule has 0 radical (unpaired) electrons. The number of ether oxygens (including phenoxy) is 1. The van der Waals surface area contributed by atoms with E-state index >= 15 is 0 Å². The fraction of sp³-hybridized carbons (Fsp3) is 0.143. The van der Waals surface area contributed by atoms with Gasteiger partial charge in [-0.15, -0.1) is 0 Å². The molecule has 4 aromatic rings. The summed E-state index contributed by atoms with van der Waals surface area (Å²) in [6.45, 7) is 1.70. The van der Waals surface area contributed by atoms with Crippen molar-refractivity contribution >= 4 is 0 Å². The standard InChI is InChI=1S/C28H21F6NO/c1-2-26(35)19-12-24(32)28(25(33)13-19)36-14-15-3-5-16(6-4-15)17-7-8-20(21(29)9-17)18-10-22(30)27(34)23(31)11-18/h3-13,26H,2,14,35H2,1H3. The van der Waals surface area contributed by atoms with E-state index in [2.05, 4.69) is 0 Å². The van der Waals surface area contributed by atoms with Gasteiger partial charge in [-0.1, -0.05) is 43.3 Å². The molecule has 0 spiro atoms. The molecule has 0 heterocycles. The molecule has 0 saturated heterocycles. The van der Waals surface area contributed by atoms with Crippen LogP contribution >= 0.6 is 0 Å². The van der Waals surface area contributed by atoms with E-state index in [0.717, 1.165) is 24.3 Å². The second-order valence-electron chi connectivity index (χ2n) is 8.26. The summed E-state index contributed by atoms with van der Waals surface area (Å²) >= 11 is 0. The summed E-state index contributed by atoms with van der Waals surface area (Å²) in [7, 11) is 0. The zero-order valence-corrected chi connectivity index (χ0v) is 19.1. The van der Waals surface area contributed by atoms with Gasteiger partial charge >= 0.3 is 0 Å². The molecule has 4 rings (SSSR count). The quantitative estimate of drug-likeness (QED) is 0.207. The molecule has 0 aliphatic heterocycles. The van der Waals surface area contributed by atoms with E-state index in [9.17, 15) is 26.3 Å². The topological polar surface area (TPSA) is 35.2 Å². The molecular formula is C28H21F6NO. The van der Waals surface area contributed by atoms with E-state index in [0.29, 0.717) is 28.7 Å². The smallest absolute Gasteiger partial charge is 0.194 e. The molecule has 0 aliphatic carbocycles. The van der Waals surface area contributed by atoms with Crippen molar-refractivity contribution in [1.29, 1.82) is 0 Å². The third-order valence-corrected chi connectivity index (χ3v) is 5.82. The number of benzene rings is 4. The van der Waals surface area contributed by atoms with Gasteiger partial charge in [-0.2, -0.15) is 0 Å². The lowest BCUT2D eigenvalue weighted by Gasteiger charge is -2.13. The van der Waals surface area contributed by atoms with E-state index in [-0.39, 0.29) is 17.7 Å². The first kappa shape index (κ1) is 25.3. The number of halogens is 6. The SMILES string of the molecule is CCC(N)c1cc(F)c(OCc2ccc(-c3ccc(-c4cc(F)c(F)c(F)c4)c(F)c3)cc2)c(F)c1. The Morgan fingerprint density at radius 1 is 0.667 bits per heavy atom. The van der Waals surface area contributed by atoms with Crippen molar-refractivity contribution in [2.24, 2.45) is 5.73 Å². The van der Waals surface area contributed by atoms with Crippen molar-refractivity contribution in [3.63, 3.8) is 0 Å². The largest absolute Gasteiger partial charge is 0.483 e. The minimum absolute atomic E-state index is 0.0865. The molecule has 1 atom stereocenters. The third kappa shape index (κ3) is 5.23. The first-order valence-corrected chi connectivity index (χ1v) is 11.1. The van der Waals surface area contributed by atoms with Gasteiger partial charge in [0, 0.05) is 11.6 Å². The van der Waals surface area contributed by atoms with Gasteiger partial charge in [0.2, 0.25) is 0 Å². The molecule has 4 aromatic carbocycles. The Kier molecular flexibility index (Phi) is 7.35. The average molecular weight is 501 g/mol. The van der Waals surface area contributed by atoms with E-state index < -0.39 is 46.7 Å². The maximum atomic E-state index is 14.7. The molecule has 2 N–H and O–H groups in total. The molecule has 8 heteroatoms. The maximum Gasteiger partial charge on any atom is 0.194 e. The van der Waals surface area contributed by atoms with Crippen molar-refractivity contribution in [3.8, 4) is 28.0 Å². The van der Waals surface area contributed by atoms with Crippen molar-refractivity contribution in [1.82, 2.24) is 0 Å². The first-order chi connectivity index (χ1) is 17.2. The summed E-state index contributed by atoms with van der Waals surface area (Å²) in [6.07, 6.45) is 0.529. The van der Waals surface area contributed by atoms with Crippen molar-refractivity contribution in [3.05, 3.63) is 113 Å². The van der Waals surface area contributed by atoms with E-state index in [4.69, 9.17) is 10.5 Å². The second-order valence-corrected chi connectivity index (χ2v) is 8.26. The Labute approximate surface area is 204 Å². The van der Waals surface area contributed by atoms with Crippen LogP contribution in [0.25, 0.3) is 22.3 Å². The molecule has 2 nitrogen and oxygen atoms in total. The highest BCUT2D eigenvalue weighted by atomic mass is 19.2. The van der Waals surface area contributed by atoms with Crippen LogP contribution in [0.2, 0.25) is 0 Å². The summed E-state index contributed by atoms with van der Waals surface area (Å²) in [5.41, 5.74) is 7.67. The lowest BCUT2D eigenvalue weighted by Crippen LogP contribution is -2.10. The highest BCUT2D eigenvalue weighted by Gasteiger charge is 2.17. The molecule has 0 bridgehead atoms. The van der Waals surface area contributed by atoms with Crippen molar-refractivity contribution < 1.29 is 31.1 Å². The van der Waals surface area contributed by atoms with E-state index in [1.54, 1.807) is 30.3 Å². The second kappa shape index (κ2) is 10.5. The fourth-order valence-electron chi connectivity index (χ4n) is 3.76. The molecule has 36 heavy (non-hydrogen) atoms. The molecule has 0 saturated carbocycles. The van der Waals surface area contributed by atoms with Crippen molar-refractivity contribution in [2.45, 2.75) is 26.0 Å². The van der Waals surface area contributed by atoms with Gasteiger partial charge < -0.3 is 10.5 Å². The average Bonchev–Trinajstić information content (AvgIpc) is 2.86. The molecule has 186 valence electrons. The lowest BCUT2D eigenvalue weighted by molar-refractivity contribution is 0.273. The van der Waals surface area contributed by atoms with Crippen LogP contribution in [-0.2, 0) is 6.61 Å². The fourth-order valence-corrected chi connectivity index (χ4v) is 3.76. The summed E-state index contributed by atoms with van der Waals surface area (Å²) < 4.78 is 89.0. The van der Waals surface area contributed by atoms with Crippen LogP contribution in [0.4, 0.5) is 26.3 Å². The van der Waals surface area contributed by atoms with Crippen LogP contribution < -0.4 is 10.5 Å². The van der Waals surface area contributed by atoms with Gasteiger partial charge in [0.15, 0.2) is 34.8 Å². The zero-order valence-electron chi connectivity index (χ0n) is 19.1.